The second-order valence-electron chi connectivity index (χ2n) is 11.3. The van der Waals surface area contributed by atoms with Crippen LogP contribution in [0.15, 0.2) is 23.2 Å². The zero-order valence-corrected chi connectivity index (χ0v) is 18.9. The van der Waals surface area contributed by atoms with Crippen molar-refractivity contribution in [2.24, 2.45) is 39.5 Å². The van der Waals surface area contributed by atoms with Gasteiger partial charge in [0.05, 0.1) is 11.0 Å². The van der Waals surface area contributed by atoms with Gasteiger partial charge in [0, 0.05) is 18.3 Å². The summed E-state index contributed by atoms with van der Waals surface area (Å²) < 4.78 is 0. The molecule has 0 amide bonds. The molecular weight excluding hydrogens is 388 g/mol. The molecule has 1 aromatic carbocycles. The van der Waals surface area contributed by atoms with E-state index in [4.69, 9.17) is 4.99 Å². The zero-order chi connectivity index (χ0) is 21.8. The minimum Gasteiger partial charge on any atom is -0.872 e. The Morgan fingerprint density at radius 2 is 1.81 bits per heavy atom. The van der Waals surface area contributed by atoms with Gasteiger partial charge in [-0.15, -0.1) is 0 Å². The molecule has 4 fully saturated rings. The topological polar surface area (TPSA) is 78.6 Å². The number of non-ortho nitro benzene ring substituents is 1. The minimum atomic E-state index is -0.451. The molecule has 0 unspecified atom stereocenters. The van der Waals surface area contributed by atoms with E-state index in [-0.39, 0.29) is 22.9 Å². The van der Waals surface area contributed by atoms with E-state index in [0.29, 0.717) is 11.0 Å². The highest BCUT2D eigenvalue weighted by atomic mass is 16.6. The summed E-state index contributed by atoms with van der Waals surface area (Å²) in [7, 11) is 0. The van der Waals surface area contributed by atoms with Gasteiger partial charge >= 0.3 is 0 Å². The summed E-state index contributed by atoms with van der Waals surface area (Å²) in [5.41, 5.74) is 1.03. The number of hydrogen-bond donors (Lipinski definition) is 0. The van der Waals surface area contributed by atoms with Gasteiger partial charge in [-0.05, 0) is 91.4 Å². The number of hydrogen-bond acceptors (Lipinski definition) is 4. The Morgan fingerprint density at radius 3 is 2.61 bits per heavy atom. The van der Waals surface area contributed by atoms with Crippen molar-refractivity contribution in [3.05, 3.63) is 33.9 Å². The van der Waals surface area contributed by atoms with E-state index < -0.39 is 4.92 Å². The number of benzene rings is 1. The van der Waals surface area contributed by atoms with Crippen LogP contribution in [0.2, 0.25) is 0 Å². The first-order chi connectivity index (χ1) is 14.8. The molecule has 5 heteroatoms. The van der Waals surface area contributed by atoms with Crippen LogP contribution in [0.5, 0.6) is 5.75 Å². The zero-order valence-electron chi connectivity index (χ0n) is 18.9. The summed E-state index contributed by atoms with van der Waals surface area (Å²) in [6.07, 6.45) is 15.0. The predicted molar refractivity (Wildman–Crippen MR) is 120 cm³/mol. The molecule has 0 radical (unpaired) electrons. The molecule has 0 aromatic heterocycles. The van der Waals surface area contributed by atoms with Crippen molar-refractivity contribution in [3.63, 3.8) is 0 Å². The quantitative estimate of drug-likeness (QED) is 0.345. The summed E-state index contributed by atoms with van der Waals surface area (Å²) in [6, 6.07) is 4.14. The molecule has 31 heavy (non-hydrogen) atoms. The van der Waals surface area contributed by atoms with E-state index in [0.717, 1.165) is 30.1 Å². The molecule has 4 saturated carbocycles. The van der Waals surface area contributed by atoms with E-state index >= 15 is 0 Å². The molecule has 1 aromatic rings. The maximum Gasteiger partial charge on any atom is 0.270 e. The normalized spacial score (nSPS) is 42.1. The van der Waals surface area contributed by atoms with Crippen LogP contribution in [-0.2, 0) is 0 Å². The summed E-state index contributed by atoms with van der Waals surface area (Å²) >= 11 is 0. The third-order valence-corrected chi connectivity index (χ3v) is 10.1. The monoisotopic (exact) mass is 423 g/mol. The number of nitro benzene ring substituents is 1. The van der Waals surface area contributed by atoms with Crippen LogP contribution in [-0.4, -0.2) is 17.2 Å². The summed E-state index contributed by atoms with van der Waals surface area (Å²) in [6.45, 7) is 5.04. The van der Waals surface area contributed by atoms with Crippen molar-refractivity contribution in [1.82, 2.24) is 0 Å². The fourth-order valence-electron chi connectivity index (χ4n) is 8.43. The second kappa shape index (κ2) is 7.60. The van der Waals surface area contributed by atoms with Crippen LogP contribution in [0.25, 0.3) is 0 Å². The van der Waals surface area contributed by atoms with Gasteiger partial charge in [-0.2, -0.15) is 0 Å². The van der Waals surface area contributed by atoms with Gasteiger partial charge in [0.1, 0.15) is 0 Å². The number of nitrogens with zero attached hydrogens (tertiary/aromatic N) is 2. The molecule has 0 heterocycles. The highest BCUT2D eigenvalue weighted by Crippen LogP contribution is 2.66. The van der Waals surface area contributed by atoms with Gasteiger partial charge < -0.3 is 5.11 Å². The Kier molecular flexibility index (Phi) is 5.14. The van der Waals surface area contributed by atoms with Gasteiger partial charge in [0.15, 0.2) is 0 Å². The van der Waals surface area contributed by atoms with Crippen LogP contribution >= 0.6 is 0 Å². The van der Waals surface area contributed by atoms with Crippen LogP contribution in [0.3, 0.4) is 0 Å². The van der Waals surface area contributed by atoms with Crippen molar-refractivity contribution < 1.29 is 10.0 Å². The molecule has 4 aliphatic rings. The fraction of sp³-hybridized carbons (Fsp3) is 0.731. The Balaban J connectivity index is 1.37. The third kappa shape index (κ3) is 3.30. The van der Waals surface area contributed by atoms with Crippen molar-refractivity contribution in [3.8, 4) is 5.75 Å². The van der Waals surface area contributed by atoms with Crippen molar-refractivity contribution in [2.45, 2.75) is 84.1 Å². The lowest BCUT2D eigenvalue weighted by molar-refractivity contribution is -0.385. The maximum absolute atomic E-state index is 12.2. The van der Waals surface area contributed by atoms with Gasteiger partial charge in [-0.3, -0.25) is 15.1 Å². The summed E-state index contributed by atoms with van der Waals surface area (Å²) in [5, 5.41) is 23.3. The van der Waals surface area contributed by atoms with Crippen molar-refractivity contribution in [2.75, 3.05) is 0 Å². The Labute approximate surface area is 185 Å². The molecule has 5 rings (SSSR count). The van der Waals surface area contributed by atoms with Crippen LogP contribution < -0.4 is 5.11 Å². The Morgan fingerprint density at radius 1 is 1.00 bits per heavy atom. The van der Waals surface area contributed by atoms with Crippen molar-refractivity contribution >= 4 is 11.9 Å². The Bertz CT molecular complexity index is 899. The van der Waals surface area contributed by atoms with Gasteiger partial charge in [0.25, 0.3) is 5.69 Å². The molecule has 0 spiro atoms. The average molecular weight is 424 g/mol. The van der Waals surface area contributed by atoms with Crippen LogP contribution in [0, 0.1) is 44.6 Å². The lowest BCUT2D eigenvalue weighted by Crippen LogP contribution is -2.53. The number of fused-ring (bicyclic) bond motifs is 5. The SMILES string of the molecule is C[C@]12CCCC[C@H]1CC[C@@H]1[C@@H]2CC[C@]2(C)[C@@H](N=Cc3cc([N+](=O)[O-])ccc3[O-])CC[C@@H]12. The van der Waals surface area contributed by atoms with E-state index in [1.54, 1.807) is 6.21 Å². The molecule has 0 N–H and O–H groups in total. The average Bonchev–Trinajstić information content (AvgIpc) is 3.09. The lowest BCUT2D eigenvalue weighted by Gasteiger charge is -2.60. The first-order valence-electron chi connectivity index (χ1n) is 12.3. The van der Waals surface area contributed by atoms with E-state index in [1.165, 1.54) is 76.0 Å². The maximum atomic E-state index is 12.2. The molecule has 5 nitrogen and oxygen atoms in total. The van der Waals surface area contributed by atoms with E-state index in [2.05, 4.69) is 13.8 Å². The predicted octanol–water partition coefficient (Wildman–Crippen LogP) is 5.89. The first-order valence-corrected chi connectivity index (χ1v) is 12.3. The fourth-order valence-corrected chi connectivity index (χ4v) is 8.43. The second-order valence-corrected chi connectivity index (χ2v) is 11.3. The summed E-state index contributed by atoms with van der Waals surface area (Å²) in [4.78, 5) is 15.5. The molecule has 0 saturated heterocycles. The summed E-state index contributed by atoms with van der Waals surface area (Å²) in [5.74, 6) is 3.17. The van der Waals surface area contributed by atoms with Gasteiger partial charge in [0.2, 0.25) is 0 Å². The van der Waals surface area contributed by atoms with Gasteiger partial charge in [-0.1, -0.05) is 38.5 Å². The Hall–Kier alpha value is -1.91. The van der Waals surface area contributed by atoms with E-state index in [1.807, 2.05) is 0 Å². The molecular formula is C26H35N2O3-. The molecule has 7 atom stereocenters. The van der Waals surface area contributed by atoms with Crippen LogP contribution in [0.4, 0.5) is 5.69 Å². The lowest BCUT2D eigenvalue weighted by atomic mass is 9.45. The first kappa shape index (κ1) is 21.0. The largest absolute Gasteiger partial charge is 0.872 e. The number of rotatable bonds is 3. The smallest absolute Gasteiger partial charge is 0.270 e. The highest BCUT2D eigenvalue weighted by molar-refractivity contribution is 5.84. The van der Waals surface area contributed by atoms with Gasteiger partial charge in [-0.25, -0.2) is 0 Å². The van der Waals surface area contributed by atoms with Crippen molar-refractivity contribution in [1.29, 1.82) is 0 Å². The molecule has 4 aliphatic carbocycles. The highest BCUT2D eigenvalue weighted by Gasteiger charge is 2.59. The number of aliphatic imine (C=N–C) groups is 1. The minimum absolute atomic E-state index is 0.0467. The number of nitro groups is 1. The molecule has 0 aliphatic heterocycles. The third-order valence-electron chi connectivity index (χ3n) is 10.1. The standard InChI is InChI=1S/C26H36N2O3/c1-25-13-4-3-5-18(25)6-8-20-21-9-11-24(26(21,2)14-12-22(20)25)27-16-17-15-19(28(30)31)7-10-23(17)29/h7,10,15-16,18,20-22,24,29H,3-6,8-9,11-14H2,1-2H3/p-1/t18-,20-,21-,22-,24-,25-,26-/m0/s1. The molecule has 0 bridgehead atoms. The van der Waals surface area contributed by atoms with E-state index in [9.17, 15) is 15.2 Å². The molecule has 168 valence electrons. The van der Waals surface area contributed by atoms with Crippen LogP contribution in [0.1, 0.15) is 83.6 Å².